The number of hydrogen-bond donors (Lipinski definition) is 0. The molecule has 0 fully saturated rings. The fourth-order valence-corrected chi connectivity index (χ4v) is 2.79. The lowest BCUT2D eigenvalue weighted by molar-refractivity contribution is -0.112. The topological polar surface area (TPSA) is 26.3 Å². The van der Waals surface area contributed by atoms with Gasteiger partial charge in [0.25, 0.3) is 0 Å². The zero-order chi connectivity index (χ0) is 10.3. The van der Waals surface area contributed by atoms with E-state index in [1.54, 1.807) is 0 Å². The van der Waals surface area contributed by atoms with Gasteiger partial charge in [-0.1, -0.05) is 24.3 Å². The van der Waals surface area contributed by atoms with Gasteiger partial charge in [-0.05, 0) is 18.1 Å². The molecule has 15 heavy (non-hydrogen) atoms. The first-order valence-electron chi connectivity index (χ1n) is 4.94. The molecule has 0 unspecified atom stereocenters. The number of carbonyl (C=O) groups is 1. The standard InChI is InChI=1S/C12H9O2P/c13-10-6-3-5-9-8-4-1-2-7-11(8)14-15-12(9)10/h1-2,4-5,7H,3,6H2. The number of para-hydroxylation sites is 1. The Morgan fingerprint density at radius 3 is 3.07 bits per heavy atom. The lowest BCUT2D eigenvalue weighted by atomic mass is 9.92. The van der Waals surface area contributed by atoms with Crippen molar-refractivity contribution in [3.63, 3.8) is 0 Å². The summed E-state index contributed by atoms with van der Waals surface area (Å²) in [4.78, 5) is 11.7. The van der Waals surface area contributed by atoms with Crippen molar-refractivity contribution in [3.05, 3.63) is 35.9 Å². The summed E-state index contributed by atoms with van der Waals surface area (Å²) < 4.78 is 5.54. The first-order valence-corrected chi connectivity index (χ1v) is 5.75. The molecule has 0 atom stereocenters. The molecule has 74 valence electrons. The smallest absolute Gasteiger partial charge is 0.171 e. The Morgan fingerprint density at radius 1 is 1.27 bits per heavy atom. The van der Waals surface area contributed by atoms with E-state index < -0.39 is 0 Å². The molecule has 3 rings (SSSR count). The number of rotatable bonds is 0. The Kier molecular flexibility index (Phi) is 1.96. The monoisotopic (exact) mass is 216 g/mol. The molecule has 1 aromatic rings. The highest BCUT2D eigenvalue weighted by Crippen LogP contribution is 2.38. The van der Waals surface area contributed by atoms with Crippen molar-refractivity contribution in [2.24, 2.45) is 0 Å². The van der Waals surface area contributed by atoms with Gasteiger partial charge in [-0.15, -0.1) is 0 Å². The first-order chi connectivity index (χ1) is 7.36. The van der Waals surface area contributed by atoms with Crippen LogP contribution >= 0.6 is 8.43 Å². The van der Waals surface area contributed by atoms with Crippen LogP contribution < -0.4 is 4.52 Å². The predicted molar refractivity (Wildman–Crippen MR) is 61.2 cm³/mol. The Bertz CT molecular complexity index is 500. The zero-order valence-corrected chi connectivity index (χ0v) is 8.96. The Balaban J connectivity index is 2.20. The molecule has 0 saturated carbocycles. The summed E-state index contributed by atoms with van der Waals surface area (Å²) in [5.41, 5.74) is 2.13. The number of ketones is 1. The highest BCUT2D eigenvalue weighted by Gasteiger charge is 2.26. The lowest BCUT2D eigenvalue weighted by Crippen LogP contribution is -2.20. The second kappa shape index (κ2) is 3.32. The summed E-state index contributed by atoms with van der Waals surface area (Å²) in [6.07, 6.45) is 3.62. The molecule has 1 aliphatic carbocycles. The predicted octanol–water partition coefficient (Wildman–Crippen LogP) is 2.86. The third-order valence-electron chi connectivity index (χ3n) is 2.65. The normalized spacial score (nSPS) is 19.3. The molecule has 0 bridgehead atoms. The van der Waals surface area contributed by atoms with Crippen LogP contribution in [0.25, 0.3) is 5.57 Å². The highest BCUT2D eigenvalue weighted by atomic mass is 31.1. The van der Waals surface area contributed by atoms with Crippen LogP contribution in [0.3, 0.4) is 0 Å². The molecule has 3 heteroatoms. The zero-order valence-electron chi connectivity index (χ0n) is 8.06. The van der Waals surface area contributed by atoms with Crippen LogP contribution in [0.15, 0.2) is 30.3 Å². The van der Waals surface area contributed by atoms with E-state index >= 15 is 0 Å². The first kappa shape index (κ1) is 8.87. The Labute approximate surface area is 89.5 Å². The van der Waals surface area contributed by atoms with Gasteiger partial charge in [0.1, 0.15) is 14.2 Å². The summed E-state index contributed by atoms with van der Waals surface area (Å²) >= 11 is 0. The van der Waals surface area contributed by atoms with Crippen molar-refractivity contribution < 1.29 is 9.32 Å². The minimum Gasteiger partial charge on any atom is -0.438 e. The maximum atomic E-state index is 11.7. The molecule has 2 nitrogen and oxygen atoms in total. The van der Waals surface area contributed by atoms with Crippen LogP contribution in [-0.2, 0) is 4.79 Å². The van der Waals surface area contributed by atoms with E-state index in [0.29, 0.717) is 14.9 Å². The van der Waals surface area contributed by atoms with Gasteiger partial charge >= 0.3 is 0 Å². The molecule has 0 spiro atoms. The van der Waals surface area contributed by atoms with Crippen molar-refractivity contribution in [1.29, 1.82) is 0 Å². The third kappa shape index (κ3) is 1.33. The van der Waals surface area contributed by atoms with E-state index in [2.05, 4.69) is 6.08 Å². The van der Waals surface area contributed by atoms with Gasteiger partial charge < -0.3 is 4.52 Å². The number of Topliss-reactive ketones (excluding diaryl/α,β-unsaturated/α-hetero) is 1. The largest absolute Gasteiger partial charge is 0.438 e. The quantitative estimate of drug-likeness (QED) is 0.623. The summed E-state index contributed by atoms with van der Waals surface area (Å²) in [6, 6.07) is 7.87. The number of hydrogen-bond acceptors (Lipinski definition) is 2. The van der Waals surface area contributed by atoms with E-state index in [4.69, 9.17) is 4.52 Å². The summed E-state index contributed by atoms with van der Waals surface area (Å²) in [6.45, 7) is 0. The van der Waals surface area contributed by atoms with Crippen molar-refractivity contribution in [2.75, 3.05) is 0 Å². The molecular weight excluding hydrogens is 207 g/mol. The molecule has 2 aliphatic rings. The van der Waals surface area contributed by atoms with Crippen LogP contribution in [-0.4, -0.2) is 11.1 Å². The SMILES string of the molecule is O=C1CCC=C2C1=POc1ccccc12. The lowest BCUT2D eigenvalue weighted by Gasteiger charge is -2.21. The molecular formula is C12H9O2P. The van der Waals surface area contributed by atoms with E-state index in [9.17, 15) is 4.79 Å². The van der Waals surface area contributed by atoms with Crippen molar-refractivity contribution in [1.82, 2.24) is 0 Å². The van der Waals surface area contributed by atoms with E-state index in [1.807, 2.05) is 24.3 Å². The minimum absolute atomic E-state index is 0.226. The summed E-state index contributed by atoms with van der Waals surface area (Å²) in [7, 11) is 0.687. The molecule has 0 saturated heterocycles. The fraction of sp³-hybridized carbons (Fsp3) is 0.167. The van der Waals surface area contributed by atoms with Crippen molar-refractivity contribution in [3.8, 4) is 5.75 Å². The van der Waals surface area contributed by atoms with E-state index in [1.165, 1.54) is 0 Å². The van der Waals surface area contributed by atoms with Crippen LogP contribution in [0.2, 0.25) is 0 Å². The minimum atomic E-state index is 0.226. The second-order valence-corrected chi connectivity index (χ2v) is 4.42. The number of fused-ring (bicyclic) bond motifs is 3. The third-order valence-corrected chi connectivity index (χ3v) is 3.61. The number of allylic oxidation sites excluding steroid dienone is 2. The van der Waals surface area contributed by atoms with Gasteiger partial charge in [-0.25, -0.2) is 0 Å². The average Bonchev–Trinajstić information content (AvgIpc) is 2.29. The molecule has 1 aliphatic heterocycles. The number of carbonyl (C=O) groups excluding carboxylic acids is 1. The number of benzene rings is 1. The summed E-state index contributed by atoms with van der Waals surface area (Å²) in [5.74, 6) is 1.10. The fourth-order valence-electron chi connectivity index (χ4n) is 1.91. The highest BCUT2D eigenvalue weighted by molar-refractivity contribution is 7.41. The van der Waals surface area contributed by atoms with E-state index in [0.717, 1.165) is 28.6 Å². The molecule has 0 amide bonds. The van der Waals surface area contributed by atoms with Gasteiger partial charge in [-0.2, -0.15) is 0 Å². The molecule has 1 heterocycles. The maximum absolute atomic E-state index is 11.7. The van der Waals surface area contributed by atoms with Gasteiger partial charge in [-0.3, -0.25) is 4.79 Å². The summed E-state index contributed by atoms with van der Waals surface area (Å²) in [5, 5.41) is 0.819. The van der Waals surface area contributed by atoms with Crippen LogP contribution in [0.4, 0.5) is 0 Å². The maximum Gasteiger partial charge on any atom is 0.171 e. The van der Waals surface area contributed by atoms with Crippen LogP contribution in [0.5, 0.6) is 5.75 Å². The van der Waals surface area contributed by atoms with Crippen molar-refractivity contribution >= 4 is 25.1 Å². The Hall–Kier alpha value is -1.40. The van der Waals surface area contributed by atoms with Gasteiger partial charge in [0.2, 0.25) is 0 Å². The van der Waals surface area contributed by atoms with Gasteiger partial charge in [0.05, 0.1) is 5.29 Å². The Morgan fingerprint density at radius 2 is 2.13 bits per heavy atom. The molecule has 0 aromatic heterocycles. The molecule has 0 N–H and O–H groups in total. The van der Waals surface area contributed by atoms with Crippen molar-refractivity contribution in [2.45, 2.75) is 12.8 Å². The van der Waals surface area contributed by atoms with Gasteiger partial charge in [0.15, 0.2) is 5.78 Å². The molecule has 0 radical (unpaired) electrons. The van der Waals surface area contributed by atoms with Gasteiger partial charge in [0, 0.05) is 12.0 Å². The average molecular weight is 216 g/mol. The van der Waals surface area contributed by atoms with E-state index in [-0.39, 0.29) is 5.78 Å². The second-order valence-electron chi connectivity index (χ2n) is 3.61. The molecule has 1 aromatic carbocycles. The van der Waals surface area contributed by atoms with Crippen LogP contribution in [0.1, 0.15) is 18.4 Å². The van der Waals surface area contributed by atoms with Crippen LogP contribution in [0, 0.1) is 0 Å².